The Kier molecular flexibility index (Phi) is 4.29. The number of aliphatic hydroxyl groups excluding tert-OH is 1. The van der Waals surface area contributed by atoms with Gasteiger partial charge in [-0.15, -0.1) is 0 Å². The van der Waals surface area contributed by atoms with Crippen LogP contribution in [0.25, 0.3) is 0 Å². The molecule has 1 unspecified atom stereocenters. The van der Waals surface area contributed by atoms with Gasteiger partial charge in [-0.05, 0) is 30.2 Å². The summed E-state index contributed by atoms with van der Waals surface area (Å²) in [5, 5.41) is 9.81. The molecule has 0 amide bonds. The van der Waals surface area contributed by atoms with Crippen molar-refractivity contribution in [1.29, 1.82) is 0 Å². The fourth-order valence-electron chi connectivity index (χ4n) is 1.32. The number of aryl methyl sites for hydroxylation is 1. The summed E-state index contributed by atoms with van der Waals surface area (Å²) in [6.45, 7) is 1.89. The fourth-order valence-corrected chi connectivity index (χ4v) is 1.70. The number of rotatable bonds is 3. The van der Waals surface area contributed by atoms with Crippen LogP contribution in [0.1, 0.15) is 23.7 Å². The van der Waals surface area contributed by atoms with Gasteiger partial charge in [-0.25, -0.2) is 0 Å². The molecule has 4 heteroatoms. The Bertz CT molecular complexity index is 363. The molecule has 1 atom stereocenters. The van der Waals surface area contributed by atoms with Gasteiger partial charge in [0.2, 0.25) is 0 Å². The molecule has 1 aromatic rings. The van der Waals surface area contributed by atoms with Crippen molar-refractivity contribution in [2.75, 3.05) is 7.11 Å². The summed E-state index contributed by atoms with van der Waals surface area (Å²) < 4.78 is 5.38. The highest BCUT2D eigenvalue weighted by Gasteiger charge is 2.15. The Hall–Kier alpha value is -0.870. The van der Waals surface area contributed by atoms with Crippen molar-refractivity contribution in [3.63, 3.8) is 0 Å². The second-order valence-electron chi connectivity index (χ2n) is 3.30. The highest BCUT2D eigenvalue weighted by atomic mass is 79.9. The fraction of sp³-hybridized carbons (Fsp3) is 0.364. The zero-order chi connectivity index (χ0) is 11.4. The molecule has 1 rings (SSSR count). The largest absolute Gasteiger partial charge is 0.469 e. The lowest BCUT2D eigenvalue weighted by molar-refractivity contribution is -0.142. The van der Waals surface area contributed by atoms with E-state index in [-0.39, 0.29) is 6.42 Å². The Morgan fingerprint density at radius 3 is 2.87 bits per heavy atom. The van der Waals surface area contributed by atoms with E-state index in [1.165, 1.54) is 7.11 Å². The lowest BCUT2D eigenvalue weighted by Gasteiger charge is -2.12. The highest BCUT2D eigenvalue weighted by Crippen LogP contribution is 2.24. The van der Waals surface area contributed by atoms with Crippen molar-refractivity contribution < 1.29 is 14.6 Å². The van der Waals surface area contributed by atoms with E-state index in [4.69, 9.17) is 0 Å². The first-order valence-electron chi connectivity index (χ1n) is 4.55. The number of methoxy groups -OCH3 is 1. The van der Waals surface area contributed by atoms with Gasteiger partial charge in [-0.1, -0.05) is 22.0 Å². The quantitative estimate of drug-likeness (QED) is 0.860. The first-order chi connectivity index (χ1) is 7.04. The minimum Gasteiger partial charge on any atom is -0.469 e. The van der Waals surface area contributed by atoms with Gasteiger partial charge in [0, 0.05) is 4.47 Å². The van der Waals surface area contributed by atoms with Crippen LogP contribution < -0.4 is 0 Å². The van der Waals surface area contributed by atoms with E-state index in [1.54, 1.807) is 0 Å². The number of benzene rings is 1. The second-order valence-corrected chi connectivity index (χ2v) is 4.21. The van der Waals surface area contributed by atoms with Gasteiger partial charge in [0.15, 0.2) is 0 Å². The van der Waals surface area contributed by atoms with Crippen LogP contribution in [0.2, 0.25) is 0 Å². The Labute approximate surface area is 97.2 Å². The number of esters is 1. The molecular weight excluding hydrogens is 260 g/mol. The molecule has 1 aromatic carbocycles. The van der Waals surface area contributed by atoms with E-state index in [2.05, 4.69) is 20.7 Å². The predicted octanol–water partition coefficient (Wildman–Crippen LogP) is 2.35. The summed E-state index contributed by atoms with van der Waals surface area (Å²) in [5.41, 5.74) is 1.70. The number of carbonyl (C=O) groups excluding carboxylic acids is 1. The maximum absolute atomic E-state index is 11.0. The monoisotopic (exact) mass is 272 g/mol. The molecule has 0 aliphatic carbocycles. The van der Waals surface area contributed by atoms with E-state index < -0.39 is 12.1 Å². The van der Waals surface area contributed by atoms with Gasteiger partial charge in [0.1, 0.15) is 0 Å². The first-order valence-corrected chi connectivity index (χ1v) is 5.35. The number of hydrogen-bond donors (Lipinski definition) is 1. The van der Waals surface area contributed by atoms with E-state index in [0.29, 0.717) is 0 Å². The molecule has 0 fully saturated rings. The number of halogens is 1. The SMILES string of the molecule is COC(=O)CC(O)c1cc(Br)ccc1C. The molecule has 0 aliphatic rings. The summed E-state index contributed by atoms with van der Waals surface area (Å²) in [4.78, 5) is 11.0. The van der Waals surface area contributed by atoms with Crippen LogP contribution in [0.4, 0.5) is 0 Å². The van der Waals surface area contributed by atoms with Crippen LogP contribution in [0.3, 0.4) is 0 Å². The average Bonchev–Trinajstić information content (AvgIpc) is 2.21. The standard InChI is InChI=1S/C11H13BrO3/c1-7-3-4-8(12)5-9(7)10(13)6-11(14)15-2/h3-5,10,13H,6H2,1-2H3. The van der Waals surface area contributed by atoms with Gasteiger partial charge in [-0.3, -0.25) is 4.79 Å². The second kappa shape index (κ2) is 5.28. The lowest BCUT2D eigenvalue weighted by Crippen LogP contribution is -2.09. The number of carbonyl (C=O) groups is 1. The molecule has 0 bridgehead atoms. The summed E-state index contributed by atoms with van der Waals surface area (Å²) in [7, 11) is 1.31. The highest BCUT2D eigenvalue weighted by molar-refractivity contribution is 9.10. The van der Waals surface area contributed by atoms with E-state index >= 15 is 0 Å². The average molecular weight is 273 g/mol. The van der Waals surface area contributed by atoms with Gasteiger partial charge < -0.3 is 9.84 Å². The van der Waals surface area contributed by atoms with Crippen molar-refractivity contribution in [1.82, 2.24) is 0 Å². The first kappa shape index (κ1) is 12.2. The topological polar surface area (TPSA) is 46.5 Å². The van der Waals surface area contributed by atoms with Crippen LogP contribution in [0, 0.1) is 6.92 Å². The van der Waals surface area contributed by atoms with Crippen LogP contribution in [0.5, 0.6) is 0 Å². The molecular formula is C11H13BrO3. The van der Waals surface area contributed by atoms with Gasteiger partial charge in [0.25, 0.3) is 0 Å². The normalized spacial score (nSPS) is 12.3. The lowest BCUT2D eigenvalue weighted by atomic mass is 10.0. The minimum absolute atomic E-state index is 0.0200. The van der Waals surface area contributed by atoms with E-state index in [9.17, 15) is 9.90 Å². The Morgan fingerprint density at radius 1 is 1.60 bits per heavy atom. The summed E-state index contributed by atoms with van der Waals surface area (Å²) in [5.74, 6) is -0.415. The van der Waals surface area contributed by atoms with Crippen LogP contribution in [-0.4, -0.2) is 18.2 Å². The molecule has 0 heterocycles. The third kappa shape index (κ3) is 3.32. The van der Waals surface area contributed by atoms with Crippen molar-refractivity contribution in [2.24, 2.45) is 0 Å². The van der Waals surface area contributed by atoms with Crippen LogP contribution in [0.15, 0.2) is 22.7 Å². The molecule has 1 N–H and O–H groups in total. The van der Waals surface area contributed by atoms with Crippen molar-refractivity contribution in [3.8, 4) is 0 Å². The predicted molar refractivity (Wildman–Crippen MR) is 60.5 cm³/mol. The Balaban J connectivity index is 2.85. The molecule has 0 spiro atoms. The number of ether oxygens (including phenoxy) is 1. The van der Waals surface area contributed by atoms with Crippen molar-refractivity contribution >= 4 is 21.9 Å². The van der Waals surface area contributed by atoms with Crippen molar-refractivity contribution in [2.45, 2.75) is 19.4 Å². The van der Waals surface area contributed by atoms with E-state index in [1.807, 2.05) is 25.1 Å². The van der Waals surface area contributed by atoms with Gasteiger partial charge >= 0.3 is 5.97 Å². The maximum Gasteiger partial charge on any atom is 0.308 e. The zero-order valence-corrected chi connectivity index (χ0v) is 10.2. The maximum atomic E-state index is 11.0. The molecule has 0 saturated carbocycles. The summed E-state index contributed by atoms with van der Waals surface area (Å²) >= 11 is 3.32. The summed E-state index contributed by atoms with van der Waals surface area (Å²) in [6, 6.07) is 5.59. The van der Waals surface area contributed by atoms with E-state index in [0.717, 1.165) is 15.6 Å². The molecule has 82 valence electrons. The molecule has 3 nitrogen and oxygen atoms in total. The van der Waals surface area contributed by atoms with Crippen LogP contribution >= 0.6 is 15.9 Å². The molecule has 0 aromatic heterocycles. The molecule has 0 aliphatic heterocycles. The Morgan fingerprint density at radius 2 is 2.27 bits per heavy atom. The molecule has 0 radical (unpaired) electrons. The van der Waals surface area contributed by atoms with Gasteiger partial charge in [0.05, 0.1) is 19.6 Å². The van der Waals surface area contributed by atoms with Crippen molar-refractivity contribution in [3.05, 3.63) is 33.8 Å². The third-order valence-electron chi connectivity index (χ3n) is 2.19. The number of aliphatic hydroxyl groups is 1. The van der Waals surface area contributed by atoms with Crippen LogP contribution in [-0.2, 0) is 9.53 Å². The molecule has 0 saturated heterocycles. The summed E-state index contributed by atoms with van der Waals surface area (Å²) in [6.07, 6.45) is -0.830. The smallest absolute Gasteiger partial charge is 0.308 e. The third-order valence-corrected chi connectivity index (χ3v) is 2.68. The number of hydrogen-bond acceptors (Lipinski definition) is 3. The minimum atomic E-state index is -0.810. The molecule has 15 heavy (non-hydrogen) atoms. The zero-order valence-electron chi connectivity index (χ0n) is 8.66. The van der Waals surface area contributed by atoms with Gasteiger partial charge in [-0.2, -0.15) is 0 Å².